The Morgan fingerprint density at radius 3 is 2.11 bits per heavy atom. The topological polar surface area (TPSA) is 95.5 Å². The fourth-order valence-corrected chi connectivity index (χ4v) is 2.29. The Balaban J connectivity index is 2.54. The maximum atomic E-state index is 12.2. The summed E-state index contributed by atoms with van der Waals surface area (Å²) in [5, 5.41) is 13.8. The van der Waals surface area contributed by atoms with Crippen molar-refractivity contribution in [3.05, 3.63) is 35.9 Å². The summed E-state index contributed by atoms with van der Waals surface area (Å²) in [5.74, 6) is -1.43. The number of nitrogens with one attached hydrogen (secondary N) is 2. The molecule has 1 aliphatic heterocycles. The molecule has 1 saturated heterocycles. The van der Waals surface area contributed by atoms with Gasteiger partial charge in [0.2, 0.25) is 11.8 Å². The molecule has 0 aliphatic carbocycles. The fraction of sp³-hybridized carbons (Fsp3) is 0.308. The molecule has 1 aliphatic rings. The highest BCUT2D eigenvalue weighted by molar-refractivity contribution is 6.22. The SMILES string of the molecule is C[C@H](O)CC1(c2ccccc2)C(=O)NC(=O)NC1=O. The van der Waals surface area contributed by atoms with Crippen LogP contribution in [0.1, 0.15) is 18.9 Å². The molecule has 0 aromatic heterocycles. The van der Waals surface area contributed by atoms with Gasteiger partial charge in [-0.1, -0.05) is 30.3 Å². The highest BCUT2D eigenvalue weighted by Gasteiger charge is 2.52. The first-order valence-electron chi connectivity index (χ1n) is 5.87. The second kappa shape index (κ2) is 4.81. The Morgan fingerprint density at radius 1 is 1.11 bits per heavy atom. The number of aliphatic hydroxyl groups is 1. The van der Waals surface area contributed by atoms with Crippen LogP contribution in [0.25, 0.3) is 0 Å². The third-order valence-electron chi connectivity index (χ3n) is 3.10. The smallest absolute Gasteiger partial charge is 0.328 e. The average Bonchev–Trinajstić information content (AvgIpc) is 2.34. The maximum Gasteiger partial charge on any atom is 0.328 e. The van der Waals surface area contributed by atoms with Gasteiger partial charge in [0.25, 0.3) is 0 Å². The van der Waals surface area contributed by atoms with Gasteiger partial charge in [-0.25, -0.2) is 4.79 Å². The highest BCUT2D eigenvalue weighted by Crippen LogP contribution is 2.32. The summed E-state index contributed by atoms with van der Waals surface area (Å²) in [6.07, 6.45) is -0.966. The van der Waals surface area contributed by atoms with Crippen LogP contribution >= 0.6 is 0 Å². The Hall–Kier alpha value is -2.21. The molecule has 6 nitrogen and oxygen atoms in total. The van der Waals surface area contributed by atoms with Crippen LogP contribution in [0.15, 0.2) is 30.3 Å². The van der Waals surface area contributed by atoms with Gasteiger partial charge in [0.1, 0.15) is 0 Å². The first-order valence-corrected chi connectivity index (χ1v) is 5.87. The predicted octanol–water partition coefficient (Wildman–Crippen LogP) is 0.0613. The van der Waals surface area contributed by atoms with Crippen molar-refractivity contribution in [2.45, 2.75) is 24.9 Å². The molecule has 6 heteroatoms. The molecule has 1 aromatic rings. The molecular weight excluding hydrogens is 248 g/mol. The number of carbonyl (C=O) groups is 3. The largest absolute Gasteiger partial charge is 0.393 e. The number of hydrogen-bond donors (Lipinski definition) is 3. The standard InChI is InChI=1S/C13H14N2O4/c1-8(16)7-13(9-5-3-2-4-6-9)10(17)14-12(19)15-11(13)18/h2-6,8,16H,7H2,1H3,(H2,14,15,17,18,19)/t8-/m0/s1. The maximum absolute atomic E-state index is 12.2. The van der Waals surface area contributed by atoms with Crippen molar-refractivity contribution in [1.82, 2.24) is 10.6 Å². The Morgan fingerprint density at radius 2 is 1.63 bits per heavy atom. The van der Waals surface area contributed by atoms with Gasteiger partial charge in [-0.15, -0.1) is 0 Å². The number of rotatable bonds is 3. The van der Waals surface area contributed by atoms with Crippen LogP contribution in [0.5, 0.6) is 0 Å². The minimum Gasteiger partial charge on any atom is -0.393 e. The molecule has 3 N–H and O–H groups in total. The molecule has 4 amide bonds. The van der Waals surface area contributed by atoms with Crippen LogP contribution in [0.2, 0.25) is 0 Å². The zero-order valence-electron chi connectivity index (χ0n) is 10.3. The molecule has 1 aromatic carbocycles. The van der Waals surface area contributed by atoms with E-state index in [1.54, 1.807) is 30.3 Å². The van der Waals surface area contributed by atoms with Gasteiger partial charge in [-0.05, 0) is 12.5 Å². The second-order valence-corrected chi connectivity index (χ2v) is 4.56. The van der Waals surface area contributed by atoms with E-state index in [2.05, 4.69) is 10.6 Å². The molecule has 0 unspecified atom stereocenters. The number of barbiturate groups is 1. The van der Waals surface area contributed by atoms with Gasteiger partial charge in [0, 0.05) is 6.42 Å². The third-order valence-corrected chi connectivity index (χ3v) is 3.10. The van der Waals surface area contributed by atoms with Gasteiger partial charge in [0.05, 0.1) is 6.10 Å². The Labute approximate surface area is 109 Å². The lowest BCUT2D eigenvalue weighted by molar-refractivity contribution is -0.140. The molecule has 0 radical (unpaired) electrons. The van der Waals surface area contributed by atoms with E-state index in [9.17, 15) is 19.5 Å². The van der Waals surface area contributed by atoms with Crippen LogP contribution in [0.4, 0.5) is 4.79 Å². The zero-order chi connectivity index (χ0) is 14.0. The molecule has 1 heterocycles. The monoisotopic (exact) mass is 262 g/mol. The summed E-state index contributed by atoms with van der Waals surface area (Å²) in [6, 6.07) is 7.54. The molecule has 19 heavy (non-hydrogen) atoms. The van der Waals surface area contributed by atoms with E-state index in [-0.39, 0.29) is 6.42 Å². The fourth-order valence-electron chi connectivity index (χ4n) is 2.29. The van der Waals surface area contributed by atoms with Crippen molar-refractivity contribution in [1.29, 1.82) is 0 Å². The van der Waals surface area contributed by atoms with E-state index in [0.29, 0.717) is 5.56 Å². The normalized spacial score (nSPS) is 19.6. The van der Waals surface area contributed by atoms with E-state index < -0.39 is 29.4 Å². The van der Waals surface area contributed by atoms with Crippen molar-refractivity contribution in [2.24, 2.45) is 0 Å². The molecule has 1 atom stereocenters. The minimum absolute atomic E-state index is 0.0953. The van der Waals surface area contributed by atoms with Crippen molar-refractivity contribution in [3.8, 4) is 0 Å². The van der Waals surface area contributed by atoms with Crippen LogP contribution in [-0.4, -0.2) is 29.1 Å². The van der Waals surface area contributed by atoms with Gasteiger partial charge < -0.3 is 5.11 Å². The number of hydrogen-bond acceptors (Lipinski definition) is 4. The van der Waals surface area contributed by atoms with Crippen molar-refractivity contribution >= 4 is 17.8 Å². The summed E-state index contributed by atoms with van der Waals surface area (Å²) in [6.45, 7) is 1.49. The van der Waals surface area contributed by atoms with Crippen LogP contribution in [0.3, 0.4) is 0 Å². The molecular formula is C13H14N2O4. The van der Waals surface area contributed by atoms with Gasteiger partial charge in [-0.3, -0.25) is 20.2 Å². The summed E-state index contributed by atoms with van der Waals surface area (Å²) in [7, 11) is 0. The third kappa shape index (κ3) is 2.22. The molecule has 0 spiro atoms. The number of amides is 4. The first kappa shape index (κ1) is 13.2. The number of imide groups is 2. The molecule has 1 fully saturated rings. The van der Waals surface area contributed by atoms with Crippen molar-refractivity contribution in [3.63, 3.8) is 0 Å². The second-order valence-electron chi connectivity index (χ2n) is 4.56. The molecule has 0 bridgehead atoms. The predicted molar refractivity (Wildman–Crippen MR) is 66.1 cm³/mol. The summed E-state index contributed by atoms with van der Waals surface area (Å²) in [4.78, 5) is 35.5. The Kier molecular flexibility index (Phi) is 3.35. The van der Waals surface area contributed by atoms with Crippen LogP contribution in [0, 0.1) is 0 Å². The summed E-state index contributed by atoms with van der Waals surface area (Å²) >= 11 is 0. The number of benzene rings is 1. The van der Waals surface area contributed by atoms with Crippen molar-refractivity contribution < 1.29 is 19.5 Å². The zero-order valence-corrected chi connectivity index (χ0v) is 10.3. The number of aliphatic hydroxyl groups excluding tert-OH is 1. The highest BCUT2D eigenvalue weighted by atomic mass is 16.3. The summed E-state index contributed by atoms with van der Waals surface area (Å²) in [5.41, 5.74) is -1.14. The number of urea groups is 1. The van der Waals surface area contributed by atoms with E-state index in [0.717, 1.165) is 0 Å². The first-order chi connectivity index (χ1) is 8.96. The molecule has 2 rings (SSSR count). The van der Waals surface area contributed by atoms with E-state index >= 15 is 0 Å². The van der Waals surface area contributed by atoms with E-state index in [4.69, 9.17) is 0 Å². The lowest BCUT2D eigenvalue weighted by Gasteiger charge is -2.35. The van der Waals surface area contributed by atoms with Gasteiger partial charge in [-0.2, -0.15) is 0 Å². The minimum atomic E-state index is -1.58. The quantitative estimate of drug-likeness (QED) is 0.671. The lowest BCUT2D eigenvalue weighted by atomic mass is 9.73. The molecule has 100 valence electrons. The lowest BCUT2D eigenvalue weighted by Crippen LogP contribution is -2.65. The average molecular weight is 262 g/mol. The van der Waals surface area contributed by atoms with Gasteiger partial charge >= 0.3 is 6.03 Å². The van der Waals surface area contributed by atoms with Crippen LogP contribution in [-0.2, 0) is 15.0 Å². The summed E-state index contributed by atoms with van der Waals surface area (Å²) < 4.78 is 0. The Bertz CT molecular complexity index is 505. The van der Waals surface area contributed by atoms with E-state index in [1.807, 2.05) is 0 Å². The van der Waals surface area contributed by atoms with Crippen LogP contribution < -0.4 is 10.6 Å². The van der Waals surface area contributed by atoms with Gasteiger partial charge in [0.15, 0.2) is 5.41 Å². The number of carbonyl (C=O) groups excluding carboxylic acids is 3. The van der Waals surface area contributed by atoms with E-state index in [1.165, 1.54) is 6.92 Å². The van der Waals surface area contributed by atoms with Crippen molar-refractivity contribution in [2.75, 3.05) is 0 Å². The molecule has 0 saturated carbocycles.